The smallest absolute Gasteiger partial charge is 0.266 e. The van der Waals surface area contributed by atoms with Crippen molar-refractivity contribution in [1.82, 2.24) is 0 Å². The van der Waals surface area contributed by atoms with Crippen molar-refractivity contribution in [2.75, 3.05) is 11.9 Å². The van der Waals surface area contributed by atoms with Gasteiger partial charge in [0.25, 0.3) is 5.91 Å². The molecule has 124 valence electrons. The molecule has 0 bridgehead atoms. The van der Waals surface area contributed by atoms with Gasteiger partial charge in [-0.15, -0.1) is 6.42 Å². The fraction of sp³-hybridized carbons (Fsp3) is 0.0526. The fourth-order valence-corrected chi connectivity index (χ4v) is 2.44. The molecule has 2 aromatic rings. The number of nitriles is 1. The van der Waals surface area contributed by atoms with Crippen LogP contribution in [-0.4, -0.2) is 12.5 Å². The van der Waals surface area contributed by atoms with Crippen molar-refractivity contribution in [3.63, 3.8) is 0 Å². The number of carbonyl (C=O) groups excluding carboxylic acids is 1. The number of rotatable bonds is 5. The lowest BCUT2D eigenvalue weighted by Gasteiger charge is -2.09. The normalized spacial score (nSPS) is 10.5. The molecular formula is C19H12Cl2N2O2. The number of nitrogens with one attached hydrogen (secondary N) is 1. The topological polar surface area (TPSA) is 62.1 Å². The molecular weight excluding hydrogens is 359 g/mol. The van der Waals surface area contributed by atoms with Gasteiger partial charge in [-0.25, -0.2) is 0 Å². The zero-order valence-electron chi connectivity index (χ0n) is 12.9. The molecule has 0 saturated carbocycles. The monoisotopic (exact) mass is 370 g/mol. The minimum absolute atomic E-state index is 0.0775. The van der Waals surface area contributed by atoms with Crippen LogP contribution >= 0.6 is 23.2 Å². The van der Waals surface area contributed by atoms with E-state index in [1.54, 1.807) is 42.5 Å². The summed E-state index contributed by atoms with van der Waals surface area (Å²) in [6.45, 7) is 0.0775. The highest BCUT2D eigenvalue weighted by atomic mass is 35.5. The third kappa shape index (κ3) is 4.78. The second-order valence-corrected chi connectivity index (χ2v) is 5.57. The number of nitrogens with zero attached hydrogens (tertiary/aromatic N) is 1. The molecule has 0 heterocycles. The number of amides is 1. The Kier molecular flexibility index (Phi) is 6.48. The second kappa shape index (κ2) is 8.80. The van der Waals surface area contributed by atoms with Crippen molar-refractivity contribution < 1.29 is 9.53 Å². The molecule has 0 aliphatic heterocycles. The average molecular weight is 371 g/mol. The highest BCUT2D eigenvalue weighted by Gasteiger charge is 2.14. The predicted molar refractivity (Wildman–Crippen MR) is 99.5 cm³/mol. The van der Waals surface area contributed by atoms with E-state index in [4.69, 9.17) is 34.4 Å². The number of para-hydroxylation sites is 2. The summed E-state index contributed by atoms with van der Waals surface area (Å²) >= 11 is 12.0. The van der Waals surface area contributed by atoms with E-state index in [9.17, 15) is 10.1 Å². The highest BCUT2D eigenvalue weighted by Crippen LogP contribution is 2.30. The molecule has 1 N–H and O–H groups in total. The maximum atomic E-state index is 12.4. The Morgan fingerprint density at radius 1 is 1.20 bits per heavy atom. The van der Waals surface area contributed by atoms with Crippen LogP contribution in [0.25, 0.3) is 6.08 Å². The summed E-state index contributed by atoms with van der Waals surface area (Å²) in [5.74, 6) is 2.20. The first kappa shape index (κ1) is 18.4. The van der Waals surface area contributed by atoms with E-state index in [0.717, 1.165) is 0 Å². The lowest BCUT2D eigenvalue weighted by atomic mass is 10.1. The van der Waals surface area contributed by atoms with Gasteiger partial charge in [-0.1, -0.05) is 53.4 Å². The Morgan fingerprint density at radius 3 is 2.52 bits per heavy atom. The van der Waals surface area contributed by atoms with Crippen LogP contribution < -0.4 is 10.1 Å². The molecule has 0 aliphatic carbocycles. The Bertz CT molecular complexity index is 888. The fourth-order valence-electron chi connectivity index (χ4n) is 1.95. The standard InChI is InChI=1S/C19H12Cl2N2O2/c1-2-10-25-17-9-4-3-6-13(17)11-14(12-22)19(24)23-18-15(20)7-5-8-16(18)21/h1,3-9,11H,10H2,(H,23,24)/b14-11+. The summed E-state index contributed by atoms with van der Waals surface area (Å²) < 4.78 is 5.40. The number of halogens is 2. The van der Waals surface area contributed by atoms with Crippen molar-refractivity contribution in [3.8, 4) is 24.2 Å². The zero-order valence-corrected chi connectivity index (χ0v) is 14.4. The van der Waals surface area contributed by atoms with Crippen molar-refractivity contribution in [1.29, 1.82) is 5.26 Å². The van der Waals surface area contributed by atoms with E-state index < -0.39 is 5.91 Å². The minimum Gasteiger partial charge on any atom is -0.480 e. The summed E-state index contributed by atoms with van der Waals surface area (Å²) in [7, 11) is 0. The second-order valence-electron chi connectivity index (χ2n) is 4.75. The molecule has 6 heteroatoms. The van der Waals surface area contributed by atoms with Gasteiger partial charge in [0.05, 0.1) is 15.7 Å². The van der Waals surface area contributed by atoms with Crippen molar-refractivity contribution in [2.24, 2.45) is 0 Å². The third-order valence-electron chi connectivity index (χ3n) is 3.10. The number of anilines is 1. The summed E-state index contributed by atoms with van der Waals surface area (Å²) in [5.41, 5.74) is 0.663. The summed E-state index contributed by atoms with van der Waals surface area (Å²) in [6, 6.07) is 13.6. The molecule has 2 aromatic carbocycles. The van der Waals surface area contributed by atoms with Crippen LogP contribution in [0.15, 0.2) is 48.0 Å². The Hall–Kier alpha value is -2.92. The summed E-state index contributed by atoms with van der Waals surface area (Å²) in [6.07, 6.45) is 6.59. The quantitative estimate of drug-likeness (QED) is 0.477. The maximum Gasteiger partial charge on any atom is 0.266 e. The number of hydrogen-bond acceptors (Lipinski definition) is 3. The molecule has 0 unspecified atom stereocenters. The van der Waals surface area contributed by atoms with Crippen molar-refractivity contribution >= 4 is 40.9 Å². The van der Waals surface area contributed by atoms with Crippen LogP contribution in [0.5, 0.6) is 5.75 Å². The molecule has 1 amide bonds. The number of benzene rings is 2. The van der Waals surface area contributed by atoms with Gasteiger partial charge in [-0.05, 0) is 24.3 Å². The van der Waals surface area contributed by atoms with Gasteiger partial charge >= 0.3 is 0 Å². The average Bonchev–Trinajstić information content (AvgIpc) is 2.61. The maximum absolute atomic E-state index is 12.4. The highest BCUT2D eigenvalue weighted by molar-refractivity contribution is 6.40. The first-order valence-corrected chi connectivity index (χ1v) is 7.85. The van der Waals surface area contributed by atoms with Crippen molar-refractivity contribution in [2.45, 2.75) is 0 Å². The van der Waals surface area contributed by atoms with E-state index >= 15 is 0 Å². The molecule has 0 saturated heterocycles. The van der Waals surface area contributed by atoms with Crippen LogP contribution in [0.4, 0.5) is 5.69 Å². The SMILES string of the molecule is C#CCOc1ccccc1/C=C(\C#N)C(=O)Nc1c(Cl)cccc1Cl. The number of ether oxygens (including phenoxy) is 1. The van der Waals surface area contributed by atoms with Crippen LogP contribution in [0.2, 0.25) is 10.0 Å². The molecule has 0 spiro atoms. The molecule has 0 radical (unpaired) electrons. The Balaban J connectivity index is 2.31. The first-order chi connectivity index (χ1) is 12.1. The van der Waals surface area contributed by atoms with Crippen molar-refractivity contribution in [3.05, 3.63) is 63.6 Å². The minimum atomic E-state index is -0.635. The third-order valence-corrected chi connectivity index (χ3v) is 3.73. The largest absolute Gasteiger partial charge is 0.480 e. The number of terminal acetylenes is 1. The van der Waals surface area contributed by atoms with E-state index in [1.807, 2.05) is 6.07 Å². The van der Waals surface area contributed by atoms with Crippen LogP contribution in [-0.2, 0) is 4.79 Å². The van der Waals surface area contributed by atoms with Crippen LogP contribution in [0.1, 0.15) is 5.56 Å². The van der Waals surface area contributed by atoms with Gasteiger partial charge in [0, 0.05) is 5.56 Å². The lowest BCUT2D eigenvalue weighted by molar-refractivity contribution is -0.112. The van der Waals surface area contributed by atoms with E-state index in [2.05, 4.69) is 11.2 Å². The van der Waals surface area contributed by atoms with Gasteiger partial charge in [-0.2, -0.15) is 5.26 Å². The zero-order chi connectivity index (χ0) is 18.2. The Morgan fingerprint density at radius 2 is 1.88 bits per heavy atom. The molecule has 2 rings (SSSR count). The van der Waals surface area contributed by atoms with Gasteiger partial charge in [0.2, 0.25) is 0 Å². The predicted octanol–water partition coefficient (Wildman–Crippen LogP) is 4.55. The molecule has 0 aromatic heterocycles. The molecule has 0 aliphatic rings. The molecule has 0 atom stereocenters. The Labute approximate surface area is 155 Å². The van der Waals surface area contributed by atoms with Gasteiger partial charge in [-0.3, -0.25) is 4.79 Å². The van der Waals surface area contributed by atoms with E-state index in [-0.39, 0.29) is 27.9 Å². The van der Waals surface area contributed by atoms with Gasteiger partial charge in [0.15, 0.2) is 0 Å². The first-order valence-electron chi connectivity index (χ1n) is 7.09. The van der Waals surface area contributed by atoms with E-state index in [0.29, 0.717) is 11.3 Å². The summed E-state index contributed by atoms with van der Waals surface area (Å²) in [5, 5.41) is 12.4. The van der Waals surface area contributed by atoms with E-state index in [1.165, 1.54) is 6.08 Å². The molecule has 0 fully saturated rings. The number of hydrogen-bond donors (Lipinski definition) is 1. The molecule has 25 heavy (non-hydrogen) atoms. The van der Waals surface area contributed by atoms with Crippen LogP contribution in [0.3, 0.4) is 0 Å². The lowest BCUT2D eigenvalue weighted by Crippen LogP contribution is -2.14. The number of carbonyl (C=O) groups is 1. The van der Waals surface area contributed by atoms with Gasteiger partial charge < -0.3 is 10.1 Å². The van der Waals surface area contributed by atoms with Crippen LogP contribution in [0, 0.1) is 23.7 Å². The molecule has 4 nitrogen and oxygen atoms in total. The van der Waals surface area contributed by atoms with Gasteiger partial charge in [0.1, 0.15) is 24.0 Å². The summed E-state index contributed by atoms with van der Waals surface area (Å²) in [4.78, 5) is 12.4.